The van der Waals surface area contributed by atoms with E-state index in [1.54, 1.807) is 12.3 Å². The SMILES string of the molecule is CCc1cn2c(=O)cc(C(C)C)cc2[nH]c1=O. The van der Waals surface area contributed by atoms with Crippen LogP contribution in [-0.4, -0.2) is 9.38 Å². The van der Waals surface area contributed by atoms with Crippen LogP contribution in [0.5, 0.6) is 0 Å². The van der Waals surface area contributed by atoms with Gasteiger partial charge in [-0.3, -0.25) is 14.0 Å². The van der Waals surface area contributed by atoms with Gasteiger partial charge in [0, 0.05) is 17.8 Å². The van der Waals surface area contributed by atoms with Crippen LogP contribution < -0.4 is 11.1 Å². The minimum atomic E-state index is -0.118. The molecule has 4 nitrogen and oxygen atoms in total. The van der Waals surface area contributed by atoms with Gasteiger partial charge in [-0.05, 0) is 24.0 Å². The van der Waals surface area contributed by atoms with E-state index in [2.05, 4.69) is 4.98 Å². The van der Waals surface area contributed by atoms with Crippen LogP contribution in [0.2, 0.25) is 0 Å². The van der Waals surface area contributed by atoms with Gasteiger partial charge < -0.3 is 4.98 Å². The summed E-state index contributed by atoms with van der Waals surface area (Å²) in [6, 6.07) is 3.47. The van der Waals surface area contributed by atoms with Gasteiger partial charge in [0.2, 0.25) is 0 Å². The number of fused-ring (bicyclic) bond motifs is 1. The topological polar surface area (TPSA) is 54.3 Å². The zero-order valence-electron chi connectivity index (χ0n) is 10.3. The van der Waals surface area contributed by atoms with Crippen LogP contribution in [0.3, 0.4) is 0 Å². The number of H-pyrrole nitrogens is 1. The van der Waals surface area contributed by atoms with E-state index in [0.717, 1.165) is 5.56 Å². The normalized spacial score (nSPS) is 11.3. The minimum Gasteiger partial charge on any atom is -0.308 e. The van der Waals surface area contributed by atoms with Gasteiger partial charge in [0.05, 0.1) is 0 Å². The molecule has 2 aromatic rings. The van der Waals surface area contributed by atoms with Crippen molar-refractivity contribution >= 4 is 5.65 Å². The zero-order valence-corrected chi connectivity index (χ0v) is 10.3. The molecule has 0 aliphatic rings. The Morgan fingerprint density at radius 2 is 2.00 bits per heavy atom. The van der Waals surface area contributed by atoms with Crippen molar-refractivity contribution in [3.05, 3.63) is 50.2 Å². The van der Waals surface area contributed by atoms with Gasteiger partial charge in [-0.1, -0.05) is 20.8 Å². The highest BCUT2D eigenvalue weighted by Crippen LogP contribution is 2.12. The molecule has 0 spiro atoms. The number of aromatic nitrogens is 2. The average Bonchev–Trinajstić information content (AvgIpc) is 2.27. The zero-order chi connectivity index (χ0) is 12.6. The number of nitrogens with zero attached hydrogens (tertiary/aromatic N) is 1. The first-order valence-electron chi connectivity index (χ1n) is 5.81. The third-order valence-electron chi connectivity index (χ3n) is 2.96. The second-order valence-electron chi connectivity index (χ2n) is 4.50. The number of pyridine rings is 1. The van der Waals surface area contributed by atoms with Crippen LogP contribution in [0.1, 0.15) is 37.8 Å². The summed E-state index contributed by atoms with van der Waals surface area (Å²) < 4.78 is 1.49. The van der Waals surface area contributed by atoms with E-state index in [0.29, 0.717) is 17.6 Å². The molecule has 0 saturated heterocycles. The average molecular weight is 232 g/mol. The maximum absolute atomic E-state index is 11.9. The fourth-order valence-electron chi connectivity index (χ4n) is 1.83. The summed E-state index contributed by atoms with van der Waals surface area (Å²) in [7, 11) is 0. The van der Waals surface area contributed by atoms with Gasteiger partial charge in [0.25, 0.3) is 11.1 Å². The smallest absolute Gasteiger partial charge is 0.256 e. The second-order valence-corrected chi connectivity index (χ2v) is 4.50. The quantitative estimate of drug-likeness (QED) is 0.856. The van der Waals surface area contributed by atoms with E-state index in [4.69, 9.17) is 0 Å². The number of aryl methyl sites for hydroxylation is 1. The molecule has 0 aliphatic heterocycles. The van der Waals surface area contributed by atoms with Crippen molar-refractivity contribution in [3.63, 3.8) is 0 Å². The van der Waals surface area contributed by atoms with Crippen molar-refractivity contribution in [2.24, 2.45) is 0 Å². The van der Waals surface area contributed by atoms with E-state index < -0.39 is 0 Å². The highest BCUT2D eigenvalue weighted by Gasteiger charge is 2.06. The van der Waals surface area contributed by atoms with Crippen molar-refractivity contribution in [2.75, 3.05) is 0 Å². The maximum atomic E-state index is 11.9. The highest BCUT2D eigenvalue weighted by atomic mass is 16.1. The highest BCUT2D eigenvalue weighted by molar-refractivity contribution is 5.42. The summed E-state index contributed by atoms with van der Waals surface area (Å²) in [6.45, 7) is 5.93. The summed E-state index contributed by atoms with van der Waals surface area (Å²) >= 11 is 0. The van der Waals surface area contributed by atoms with Gasteiger partial charge in [-0.15, -0.1) is 0 Å². The first-order valence-corrected chi connectivity index (χ1v) is 5.81. The summed E-state index contributed by atoms with van der Waals surface area (Å²) in [5.41, 5.74) is 1.90. The fourth-order valence-corrected chi connectivity index (χ4v) is 1.83. The van der Waals surface area contributed by atoms with Crippen molar-refractivity contribution in [1.82, 2.24) is 9.38 Å². The lowest BCUT2D eigenvalue weighted by Gasteiger charge is -2.08. The van der Waals surface area contributed by atoms with Crippen molar-refractivity contribution in [1.29, 1.82) is 0 Å². The largest absolute Gasteiger partial charge is 0.308 e. The Kier molecular flexibility index (Phi) is 2.88. The molecule has 0 aliphatic carbocycles. The third kappa shape index (κ3) is 2.02. The Labute approximate surface area is 98.9 Å². The molecular formula is C13H16N2O2. The molecule has 0 radical (unpaired) electrons. The van der Waals surface area contributed by atoms with Gasteiger partial charge >= 0.3 is 0 Å². The molecule has 0 amide bonds. The summed E-state index contributed by atoms with van der Waals surface area (Å²) in [4.78, 5) is 26.4. The molecule has 0 bridgehead atoms. The van der Waals surface area contributed by atoms with Gasteiger partial charge in [-0.2, -0.15) is 0 Å². The third-order valence-corrected chi connectivity index (χ3v) is 2.96. The summed E-state index contributed by atoms with van der Waals surface area (Å²) in [5, 5.41) is 0. The summed E-state index contributed by atoms with van der Waals surface area (Å²) in [6.07, 6.45) is 2.24. The molecule has 2 heterocycles. The Morgan fingerprint density at radius 3 is 2.59 bits per heavy atom. The van der Waals surface area contributed by atoms with Crippen LogP contribution >= 0.6 is 0 Å². The number of rotatable bonds is 2. The van der Waals surface area contributed by atoms with Crippen molar-refractivity contribution in [3.8, 4) is 0 Å². The van der Waals surface area contributed by atoms with Gasteiger partial charge in [-0.25, -0.2) is 0 Å². The lowest BCUT2D eigenvalue weighted by Crippen LogP contribution is -2.22. The minimum absolute atomic E-state index is 0.0999. The monoisotopic (exact) mass is 232 g/mol. The van der Waals surface area contributed by atoms with Crippen LogP contribution in [0.4, 0.5) is 0 Å². The molecule has 0 unspecified atom stereocenters. The fraction of sp³-hybridized carbons (Fsp3) is 0.385. The van der Waals surface area contributed by atoms with Crippen LogP contribution in [0, 0.1) is 0 Å². The molecule has 0 saturated carbocycles. The Bertz CT molecular complexity index is 665. The van der Waals surface area contributed by atoms with Crippen LogP contribution in [0.15, 0.2) is 27.9 Å². The van der Waals surface area contributed by atoms with Crippen molar-refractivity contribution < 1.29 is 0 Å². The number of aromatic amines is 1. The molecule has 4 heteroatoms. The number of hydrogen-bond donors (Lipinski definition) is 1. The first-order chi connectivity index (χ1) is 8.02. The Morgan fingerprint density at radius 1 is 1.29 bits per heavy atom. The molecular weight excluding hydrogens is 216 g/mol. The molecule has 17 heavy (non-hydrogen) atoms. The van der Waals surface area contributed by atoms with Gasteiger partial charge in [0.15, 0.2) is 0 Å². The molecule has 1 N–H and O–H groups in total. The second kappa shape index (κ2) is 4.20. The van der Waals surface area contributed by atoms with Gasteiger partial charge in [0.1, 0.15) is 5.65 Å². The lowest BCUT2D eigenvalue weighted by molar-refractivity contribution is 0.851. The van der Waals surface area contributed by atoms with E-state index in [1.807, 2.05) is 26.8 Å². The van der Waals surface area contributed by atoms with Crippen LogP contribution in [0.25, 0.3) is 5.65 Å². The predicted molar refractivity (Wildman–Crippen MR) is 67.8 cm³/mol. The maximum Gasteiger partial charge on any atom is 0.256 e. The first kappa shape index (κ1) is 11.6. The molecule has 0 atom stereocenters. The molecule has 90 valence electrons. The molecule has 0 fully saturated rings. The van der Waals surface area contributed by atoms with E-state index >= 15 is 0 Å². The molecule has 2 aromatic heterocycles. The standard InChI is InChI=1S/C13H16N2O2/c1-4-9-7-15-11(14-13(9)17)5-10(8(2)3)6-12(15)16/h5-8H,4H2,1-3H3,(H,14,17). The summed E-state index contributed by atoms with van der Waals surface area (Å²) in [5.74, 6) is 0.266. The van der Waals surface area contributed by atoms with Crippen molar-refractivity contribution in [2.45, 2.75) is 33.1 Å². The molecule has 2 rings (SSSR count). The Hall–Kier alpha value is -1.84. The van der Waals surface area contributed by atoms with Crippen LogP contribution in [-0.2, 0) is 6.42 Å². The number of nitrogens with one attached hydrogen (secondary N) is 1. The van der Waals surface area contributed by atoms with E-state index in [9.17, 15) is 9.59 Å². The molecule has 0 aromatic carbocycles. The lowest BCUT2D eigenvalue weighted by atomic mass is 10.1. The van der Waals surface area contributed by atoms with E-state index in [1.165, 1.54) is 4.40 Å². The Balaban J connectivity index is 2.83. The number of hydrogen-bond acceptors (Lipinski definition) is 2. The predicted octanol–water partition coefficient (Wildman–Crippen LogP) is 1.67. The van der Waals surface area contributed by atoms with E-state index in [-0.39, 0.29) is 17.0 Å².